The minimum absolute atomic E-state index is 0.242. The third-order valence-electron chi connectivity index (χ3n) is 13.8. The highest BCUT2D eigenvalue weighted by Gasteiger charge is 2.48. The van der Waals surface area contributed by atoms with Crippen molar-refractivity contribution in [2.75, 3.05) is 9.80 Å². The zero-order chi connectivity index (χ0) is 42.2. The Balaban J connectivity index is 0.933. The Morgan fingerprint density at radius 2 is 0.778 bits per heavy atom. The molecule has 3 heterocycles. The molecule has 0 amide bonds. The van der Waals surface area contributed by atoms with Gasteiger partial charge >= 0.3 is 0 Å². The molecule has 63 heavy (non-hydrogen) atoms. The van der Waals surface area contributed by atoms with E-state index >= 15 is 0 Å². The normalized spacial score (nSPS) is 14.3. The molecule has 2 aliphatic rings. The van der Waals surface area contributed by atoms with Crippen molar-refractivity contribution in [1.29, 1.82) is 0 Å². The SMILES string of the molecule is CC1(C)c2cc(N(c3ccccc3)c3cccc4c3oc3ccccc34)ccc2-c2sc3c(c21)C(C)(C)c1cc(N(c2ccccc2)c2cccc4c2oc2ccccc24)ccc1-3. The topological polar surface area (TPSA) is 32.8 Å². The third kappa shape index (κ3) is 5.08. The number of benzene rings is 8. The summed E-state index contributed by atoms with van der Waals surface area (Å²) in [6.45, 7) is 9.71. The zero-order valence-electron chi connectivity index (χ0n) is 35.4. The maximum Gasteiger partial charge on any atom is 0.159 e. The summed E-state index contributed by atoms with van der Waals surface area (Å²) in [6.07, 6.45) is 0. The molecule has 0 unspecified atom stereocenters. The summed E-state index contributed by atoms with van der Waals surface area (Å²) in [5.74, 6) is 0. The van der Waals surface area contributed by atoms with Crippen molar-refractivity contribution in [3.63, 3.8) is 0 Å². The third-order valence-corrected chi connectivity index (χ3v) is 15.1. The molecule has 0 bridgehead atoms. The lowest BCUT2D eigenvalue weighted by atomic mass is 9.74. The Hall–Kier alpha value is -7.34. The van der Waals surface area contributed by atoms with Gasteiger partial charge in [-0.05, 0) is 106 Å². The van der Waals surface area contributed by atoms with Crippen molar-refractivity contribution in [2.24, 2.45) is 0 Å². The van der Waals surface area contributed by atoms with Gasteiger partial charge in [0.25, 0.3) is 0 Å². The predicted octanol–water partition coefficient (Wildman–Crippen LogP) is 17.1. The number of nitrogens with zero attached hydrogens (tertiary/aromatic N) is 2. The molecule has 8 aromatic carbocycles. The van der Waals surface area contributed by atoms with Crippen LogP contribution in [0.4, 0.5) is 34.1 Å². The minimum atomic E-state index is -0.242. The second-order valence-corrected chi connectivity index (χ2v) is 19.1. The average molecular weight is 831 g/mol. The first-order chi connectivity index (χ1) is 30.8. The van der Waals surface area contributed by atoms with Crippen LogP contribution in [0.25, 0.3) is 64.8 Å². The van der Waals surface area contributed by atoms with E-state index in [1.807, 2.05) is 23.5 Å². The summed E-state index contributed by atoms with van der Waals surface area (Å²) in [5.41, 5.74) is 17.8. The van der Waals surface area contributed by atoms with Crippen molar-refractivity contribution in [1.82, 2.24) is 0 Å². The molecule has 0 aliphatic heterocycles. The smallest absolute Gasteiger partial charge is 0.159 e. The van der Waals surface area contributed by atoms with Gasteiger partial charge < -0.3 is 18.6 Å². The van der Waals surface area contributed by atoms with Gasteiger partial charge in [0, 0.05) is 64.9 Å². The molecular formula is C58H42N2O2S. The molecule has 0 saturated carbocycles. The number of para-hydroxylation sites is 6. The van der Waals surface area contributed by atoms with E-state index in [-0.39, 0.29) is 10.8 Å². The second-order valence-electron chi connectivity index (χ2n) is 18.1. The van der Waals surface area contributed by atoms with Crippen LogP contribution in [0.3, 0.4) is 0 Å². The van der Waals surface area contributed by atoms with Gasteiger partial charge in [-0.2, -0.15) is 0 Å². The predicted molar refractivity (Wildman–Crippen MR) is 263 cm³/mol. The first-order valence-electron chi connectivity index (χ1n) is 21.8. The molecule has 0 radical (unpaired) electrons. The highest BCUT2D eigenvalue weighted by atomic mass is 32.1. The molecule has 0 saturated heterocycles. The Labute approximate surface area is 369 Å². The van der Waals surface area contributed by atoms with Gasteiger partial charge in [-0.15, -0.1) is 11.3 Å². The van der Waals surface area contributed by atoms with Crippen LogP contribution in [0.1, 0.15) is 49.9 Å². The molecular weight excluding hydrogens is 789 g/mol. The molecule has 0 N–H and O–H groups in total. The molecule has 3 aromatic heterocycles. The minimum Gasteiger partial charge on any atom is -0.454 e. The Bertz CT molecular complexity index is 3410. The van der Waals surface area contributed by atoms with E-state index in [0.29, 0.717) is 0 Å². The Morgan fingerprint density at radius 3 is 1.22 bits per heavy atom. The van der Waals surface area contributed by atoms with E-state index in [2.05, 4.69) is 207 Å². The summed E-state index contributed by atoms with van der Waals surface area (Å²) < 4.78 is 13.3. The van der Waals surface area contributed by atoms with Crippen LogP contribution in [0.5, 0.6) is 0 Å². The summed E-state index contributed by atoms with van der Waals surface area (Å²) in [6, 6.07) is 65.2. The van der Waals surface area contributed by atoms with Gasteiger partial charge in [0.2, 0.25) is 0 Å². The van der Waals surface area contributed by atoms with E-state index in [0.717, 1.165) is 78.0 Å². The van der Waals surface area contributed by atoms with E-state index in [1.165, 1.54) is 43.1 Å². The standard InChI is InChI=1S/C58H42N2O2S/c1-57(2)45-33-37(59(35-17-7-5-8-18-35)47-25-15-23-41-39-21-11-13-27-49(39)61-53(41)47)29-31-43(45)55-51(57)52-56(63-55)44-32-30-38(34-46(44)58(52,3)4)60(36-19-9-6-10-20-36)48-26-16-24-42-40-22-12-14-28-50(40)62-54(42)48/h5-34H,1-4H3. The van der Waals surface area contributed by atoms with Gasteiger partial charge in [0.05, 0.1) is 11.4 Å². The second kappa shape index (κ2) is 13.1. The van der Waals surface area contributed by atoms with Crippen molar-refractivity contribution < 1.29 is 8.83 Å². The molecule has 0 atom stereocenters. The number of hydrogen-bond donors (Lipinski definition) is 0. The molecule has 2 aliphatic carbocycles. The van der Waals surface area contributed by atoms with E-state index in [9.17, 15) is 0 Å². The number of rotatable bonds is 6. The Morgan fingerprint density at radius 1 is 0.381 bits per heavy atom. The highest BCUT2D eigenvalue weighted by molar-refractivity contribution is 7.19. The van der Waals surface area contributed by atoms with Crippen LogP contribution in [0.15, 0.2) is 191 Å². The average Bonchev–Trinajstić information content (AvgIpc) is 4.10. The Kier molecular flexibility index (Phi) is 7.55. The van der Waals surface area contributed by atoms with Crippen molar-refractivity contribution in [2.45, 2.75) is 38.5 Å². The number of thiophene rings is 1. The van der Waals surface area contributed by atoms with Crippen LogP contribution < -0.4 is 9.80 Å². The highest BCUT2D eigenvalue weighted by Crippen LogP contribution is 2.64. The first kappa shape index (κ1) is 36.3. The van der Waals surface area contributed by atoms with Crippen LogP contribution in [0.2, 0.25) is 0 Å². The molecule has 0 spiro atoms. The molecule has 11 aromatic rings. The molecule has 5 heteroatoms. The van der Waals surface area contributed by atoms with Crippen LogP contribution in [-0.4, -0.2) is 0 Å². The van der Waals surface area contributed by atoms with Gasteiger partial charge in [-0.25, -0.2) is 0 Å². The van der Waals surface area contributed by atoms with Crippen molar-refractivity contribution in [3.8, 4) is 20.9 Å². The monoisotopic (exact) mass is 830 g/mol. The number of hydrogen-bond acceptors (Lipinski definition) is 5. The quantitative estimate of drug-likeness (QED) is 0.167. The van der Waals surface area contributed by atoms with E-state index in [1.54, 1.807) is 0 Å². The number of furan rings is 2. The summed E-state index contributed by atoms with van der Waals surface area (Å²) >= 11 is 1.97. The first-order valence-corrected chi connectivity index (χ1v) is 22.6. The molecule has 302 valence electrons. The fraction of sp³-hybridized carbons (Fsp3) is 0.103. The summed E-state index contributed by atoms with van der Waals surface area (Å²) in [5, 5.41) is 4.49. The van der Waals surface area contributed by atoms with Gasteiger partial charge in [-0.1, -0.05) is 137 Å². The lowest BCUT2D eigenvalue weighted by Crippen LogP contribution is -2.23. The van der Waals surface area contributed by atoms with Crippen molar-refractivity contribution >= 4 is 89.3 Å². The fourth-order valence-corrected chi connectivity index (χ4v) is 12.6. The maximum atomic E-state index is 6.64. The number of fused-ring (bicyclic) bond motifs is 13. The van der Waals surface area contributed by atoms with Crippen molar-refractivity contribution in [3.05, 3.63) is 204 Å². The lowest BCUT2D eigenvalue weighted by Gasteiger charge is -2.31. The molecule has 13 rings (SSSR count). The maximum absolute atomic E-state index is 6.64. The largest absolute Gasteiger partial charge is 0.454 e. The van der Waals surface area contributed by atoms with Crippen LogP contribution in [0, 0.1) is 0 Å². The lowest BCUT2D eigenvalue weighted by molar-refractivity contribution is 0.603. The van der Waals surface area contributed by atoms with Gasteiger partial charge in [0.15, 0.2) is 11.2 Å². The fourth-order valence-electron chi connectivity index (χ4n) is 10.9. The van der Waals surface area contributed by atoms with Gasteiger partial charge in [0.1, 0.15) is 11.2 Å². The van der Waals surface area contributed by atoms with Crippen LogP contribution in [-0.2, 0) is 10.8 Å². The van der Waals surface area contributed by atoms with E-state index < -0.39 is 0 Å². The van der Waals surface area contributed by atoms with E-state index in [4.69, 9.17) is 8.83 Å². The zero-order valence-corrected chi connectivity index (χ0v) is 36.3. The van der Waals surface area contributed by atoms with Gasteiger partial charge in [-0.3, -0.25) is 0 Å². The summed E-state index contributed by atoms with van der Waals surface area (Å²) in [4.78, 5) is 7.51. The van der Waals surface area contributed by atoms with Crippen LogP contribution >= 0.6 is 11.3 Å². The number of anilines is 6. The molecule has 4 nitrogen and oxygen atoms in total. The summed E-state index contributed by atoms with van der Waals surface area (Å²) in [7, 11) is 0. The molecule has 0 fully saturated rings.